The van der Waals surface area contributed by atoms with E-state index in [2.05, 4.69) is 15.6 Å². The number of carbonyl (C=O) groups excluding carboxylic acids is 2. The summed E-state index contributed by atoms with van der Waals surface area (Å²) in [5.74, 6) is -1.30. The fourth-order valence-electron chi connectivity index (χ4n) is 1.59. The number of hydrogen-bond donors (Lipinski definition) is 3. The number of alkyl halides is 3. The molecule has 0 saturated carbocycles. The first kappa shape index (κ1) is 16.7. The third-order valence-corrected chi connectivity index (χ3v) is 3.36. The van der Waals surface area contributed by atoms with Crippen LogP contribution in [0, 0.1) is 0 Å². The van der Waals surface area contributed by atoms with Gasteiger partial charge in [0.25, 0.3) is 5.91 Å². The van der Waals surface area contributed by atoms with Crippen molar-refractivity contribution in [2.75, 3.05) is 11.9 Å². The normalized spacial score (nSPS) is 11.1. The lowest BCUT2D eigenvalue weighted by Gasteiger charge is -2.08. The molecule has 0 radical (unpaired) electrons. The highest BCUT2D eigenvalue weighted by molar-refractivity contribution is 7.14. The molecule has 2 rings (SSSR count). The number of nitrogens with zero attached hydrogens (tertiary/aromatic N) is 1. The van der Waals surface area contributed by atoms with Crippen LogP contribution in [0.5, 0.6) is 0 Å². The van der Waals surface area contributed by atoms with Gasteiger partial charge in [0.1, 0.15) is 5.69 Å². The summed E-state index contributed by atoms with van der Waals surface area (Å²) < 4.78 is 37.9. The van der Waals surface area contributed by atoms with E-state index < -0.39 is 23.6 Å². The SMILES string of the molecule is NC(=O)CNC(=O)c1csc(Nc2cccc(C(F)(F)F)c2)n1. The quantitative estimate of drug-likeness (QED) is 0.774. The van der Waals surface area contributed by atoms with E-state index in [0.29, 0.717) is 0 Å². The largest absolute Gasteiger partial charge is 0.416 e. The van der Waals surface area contributed by atoms with Gasteiger partial charge in [-0.3, -0.25) is 9.59 Å². The molecule has 122 valence electrons. The van der Waals surface area contributed by atoms with Crippen LogP contribution < -0.4 is 16.4 Å². The molecule has 1 heterocycles. The Morgan fingerprint density at radius 1 is 1.30 bits per heavy atom. The van der Waals surface area contributed by atoms with Crippen molar-refractivity contribution in [3.63, 3.8) is 0 Å². The minimum Gasteiger partial charge on any atom is -0.368 e. The van der Waals surface area contributed by atoms with Gasteiger partial charge in [0.15, 0.2) is 5.13 Å². The molecule has 6 nitrogen and oxygen atoms in total. The smallest absolute Gasteiger partial charge is 0.368 e. The highest BCUT2D eigenvalue weighted by Crippen LogP contribution is 2.31. The summed E-state index contributed by atoms with van der Waals surface area (Å²) in [6, 6.07) is 4.60. The van der Waals surface area contributed by atoms with E-state index in [9.17, 15) is 22.8 Å². The summed E-state index contributed by atoms with van der Waals surface area (Å²) >= 11 is 1.04. The lowest BCUT2D eigenvalue weighted by molar-refractivity contribution is -0.137. The van der Waals surface area contributed by atoms with Crippen molar-refractivity contribution in [2.45, 2.75) is 6.18 Å². The molecule has 23 heavy (non-hydrogen) atoms. The number of carbonyl (C=O) groups is 2. The van der Waals surface area contributed by atoms with Crippen LogP contribution in [0.2, 0.25) is 0 Å². The summed E-state index contributed by atoms with van der Waals surface area (Å²) in [4.78, 5) is 26.2. The van der Waals surface area contributed by atoms with Crippen LogP contribution >= 0.6 is 11.3 Å². The molecule has 0 aliphatic heterocycles. The Hall–Kier alpha value is -2.62. The highest BCUT2D eigenvalue weighted by Gasteiger charge is 2.30. The minimum absolute atomic E-state index is 0.0331. The number of aromatic nitrogens is 1. The lowest BCUT2D eigenvalue weighted by atomic mass is 10.2. The molecule has 0 unspecified atom stereocenters. The molecular formula is C13H11F3N4O2S. The summed E-state index contributed by atoms with van der Waals surface area (Å²) in [5, 5.41) is 6.60. The number of primary amides is 1. The van der Waals surface area contributed by atoms with Crippen molar-refractivity contribution in [2.24, 2.45) is 5.73 Å². The monoisotopic (exact) mass is 344 g/mol. The number of anilines is 2. The van der Waals surface area contributed by atoms with E-state index in [1.165, 1.54) is 17.5 Å². The average molecular weight is 344 g/mol. The molecule has 0 aliphatic rings. The zero-order chi connectivity index (χ0) is 17.0. The molecule has 0 fully saturated rings. The van der Waals surface area contributed by atoms with Crippen molar-refractivity contribution in [1.82, 2.24) is 10.3 Å². The molecule has 4 N–H and O–H groups in total. The fraction of sp³-hybridized carbons (Fsp3) is 0.154. The van der Waals surface area contributed by atoms with Gasteiger partial charge in [-0.15, -0.1) is 11.3 Å². The van der Waals surface area contributed by atoms with Gasteiger partial charge in [-0.2, -0.15) is 13.2 Å². The molecule has 0 aliphatic carbocycles. The Morgan fingerprint density at radius 2 is 2.04 bits per heavy atom. The van der Waals surface area contributed by atoms with E-state index in [-0.39, 0.29) is 23.1 Å². The number of benzene rings is 1. The molecule has 10 heteroatoms. The maximum atomic E-state index is 12.6. The van der Waals surface area contributed by atoms with Gasteiger partial charge in [-0.25, -0.2) is 4.98 Å². The number of nitrogens with one attached hydrogen (secondary N) is 2. The van der Waals surface area contributed by atoms with Crippen molar-refractivity contribution in [1.29, 1.82) is 0 Å². The molecule has 2 amide bonds. The predicted octanol–water partition coefficient (Wildman–Crippen LogP) is 2.12. The summed E-state index contributed by atoms with van der Waals surface area (Å²) in [7, 11) is 0. The van der Waals surface area contributed by atoms with Crippen LogP contribution in [0.25, 0.3) is 0 Å². The Balaban J connectivity index is 2.07. The first-order valence-corrected chi connectivity index (χ1v) is 7.10. The van der Waals surface area contributed by atoms with E-state index in [1.807, 2.05) is 0 Å². The van der Waals surface area contributed by atoms with Crippen molar-refractivity contribution >= 4 is 34.0 Å². The van der Waals surface area contributed by atoms with E-state index in [0.717, 1.165) is 23.5 Å². The van der Waals surface area contributed by atoms with Gasteiger partial charge in [-0.1, -0.05) is 6.07 Å². The molecular weight excluding hydrogens is 333 g/mol. The maximum absolute atomic E-state index is 12.6. The predicted molar refractivity (Wildman–Crippen MR) is 78.4 cm³/mol. The zero-order valence-corrected chi connectivity index (χ0v) is 12.3. The Morgan fingerprint density at radius 3 is 2.70 bits per heavy atom. The maximum Gasteiger partial charge on any atom is 0.416 e. The number of amides is 2. The number of thiazole rings is 1. The second kappa shape index (κ2) is 6.65. The Kier molecular flexibility index (Phi) is 4.84. The number of hydrogen-bond acceptors (Lipinski definition) is 5. The lowest BCUT2D eigenvalue weighted by Crippen LogP contribution is -2.33. The average Bonchev–Trinajstić information content (AvgIpc) is 2.92. The summed E-state index contributed by atoms with van der Waals surface area (Å²) in [6.45, 7) is -0.327. The second-order valence-corrected chi connectivity index (χ2v) is 5.25. The molecule has 0 spiro atoms. The number of halogens is 3. The Bertz CT molecular complexity index is 730. The van der Waals surface area contributed by atoms with Gasteiger partial charge in [-0.05, 0) is 18.2 Å². The van der Waals surface area contributed by atoms with Crippen LogP contribution in [0.3, 0.4) is 0 Å². The fourth-order valence-corrected chi connectivity index (χ4v) is 2.30. The molecule has 2 aromatic rings. The highest BCUT2D eigenvalue weighted by atomic mass is 32.1. The van der Waals surface area contributed by atoms with E-state index >= 15 is 0 Å². The van der Waals surface area contributed by atoms with Crippen molar-refractivity contribution < 1.29 is 22.8 Å². The third kappa shape index (κ3) is 4.68. The van der Waals surface area contributed by atoms with E-state index in [1.54, 1.807) is 0 Å². The first-order valence-electron chi connectivity index (χ1n) is 6.22. The topological polar surface area (TPSA) is 97.1 Å². The van der Waals surface area contributed by atoms with Crippen LogP contribution in [-0.2, 0) is 11.0 Å². The van der Waals surface area contributed by atoms with Crippen molar-refractivity contribution in [3.8, 4) is 0 Å². The molecule has 0 bridgehead atoms. The molecule has 1 aromatic heterocycles. The number of rotatable bonds is 5. The molecule has 1 aromatic carbocycles. The van der Waals surface area contributed by atoms with Gasteiger partial charge >= 0.3 is 6.18 Å². The van der Waals surface area contributed by atoms with E-state index in [4.69, 9.17) is 5.73 Å². The molecule has 0 saturated heterocycles. The number of nitrogens with two attached hydrogens (primary N) is 1. The minimum atomic E-state index is -4.44. The van der Waals surface area contributed by atoms with Crippen LogP contribution in [0.15, 0.2) is 29.6 Å². The first-order chi connectivity index (χ1) is 10.8. The second-order valence-electron chi connectivity index (χ2n) is 4.39. The van der Waals surface area contributed by atoms with Crippen LogP contribution in [0.4, 0.5) is 24.0 Å². The summed E-state index contributed by atoms with van der Waals surface area (Å²) in [5.41, 5.74) is 4.33. The van der Waals surface area contributed by atoms with Crippen molar-refractivity contribution in [3.05, 3.63) is 40.9 Å². The standard InChI is InChI=1S/C13H11F3N4O2S/c14-13(15,16)7-2-1-3-8(4-7)19-12-20-9(6-23-12)11(22)18-5-10(17)21/h1-4,6H,5H2,(H2,17,21)(H,18,22)(H,19,20). The Labute approximate surface area is 132 Å². The van der Waals surface area contributed by atoms with Crippen LogP contribution in [0.1, 0.15) is 16.1 Å². The zero-order valence-electron chi connectivity index (χ0n) is 11.5. The summed E-state index contributed by atoms with van der Waals surface area (Å²) in [6.07, 6.45) is -4.44. The van der Waals surface area contributed by atoms with Gasteiger partial charge in [0, 0.05) is 11.1 Å². The third-order valence-electron chi connectivity index (χ3n) is 2.60. The molecule has 0 atom stereocenters. The van der Waals surface area contributed by atoms with Gasteiger partial charge in [0.05, 0.1) is 12.1 Å². The van der Waals surface area contributed by atoms with Gasteiger partial charge in [0.2, 0.25) is 5.91 Å². The van der Waals surface area contributed by atoms with Gasteiger partial charge < -0.3 is 16.4 Å². The van der Waals surface area contributed by atoms with Crippen LogP contribution in [-0.4, -0.2) is 23.3 Å².